The quantitative estimate of drug-likeness (QED) is 0.725. The molecule has 1 aliphatic heterocycles. The van der Waals surface area contributed by atoms with Crippen LogP contribution in [0.5, 0.6) is 11.5 Å². The van der Waals surface area contributed by atoms with Gasteiger partial charge in [-0.25, -0.2) is 4.39 Å². The normalized spacial score (nSPS) is 14.2. The van der Waals surface area contributed by atoms with Crippen LogP contribution in [-0.4, -0.2) is 61.0 Å². The summed E-state index contributed by atoms with van der Waals surface area (Å²) in [5.74, 6) is 0.142. The number of amides is 2. The van der Waals surface area contributed by atoms with Gasteiger partial charge in [-0.05, 0) is 50.6 Å². The topological polar surface area (TPSA) is 59.1 Å². The number of carbonyl (C=O) groups is 2. The van der Waals surface area contributed by atoms with E-state index in [0.29, 0.717) is 62.9 Å². The molecule has 2 aromatic rings. The Morgan fingerprint density at radius 1 is 0.867 bits per heavy atom. The molecular formula is C23H27FN2O4. The summed E-state index contributed by atoms with van der Waals surface area (Å²) in [5, 5.41) is 0. The first kappa shape index (κ1) is 21.6. The third kappa shape index (κ3) is 4.90. The second-order valence-electron chi connectivity index (χ2n) is 6.95. The molecule has 3 rings (SSSR count). The summed E-state index contributed by atoms with van der Waals surface area (Å²) >= 11 is 0. The number of rotatable bonds is 6. The van der Waals surface area contributed by atoms with Crippen LogP contribution in [0.1, 0.15) is 41.0 Å². The molecule has 2 amide bonds. The van der Waals surface area contributed by atoms with Crippen LogP contribution in [0.4, 0.5) is 4.39 Å². The van der Waals surface area contributed by atoms with Gasteiger partial charge in [0.15, 0.2) is 11.5 Å². The van der Waals surface area contributed by atoms with Gasteiger partial charge in [0, 0.05) is 31.7 Å². The van der Waals surface area contributed by atoms with Crippen LogP contribution in [-0.2, 0) is 0 Å². The van der Waals surface area contributed by atoms with Crippen molar-refractivity contribution in [2.75, 3.05) is 39.4 Å². The molecule has 7 heteroatoms. The van der Waals surface area contributed by atoms with Crippen LogP contribution in [0.3, 0.4) is 0 Å². The van der Waals surface area contributed by atoms with Crippen molar-refractivity contribution in [1.29, 1.82) is 0 Å². The Kier molecular flexibility index (Phi) is 7.27. The van der Waals surface area contributed by atoms with Gasteiger partial charge in [0.1, 0.15) is 5.82 Å². The second-order valence-corrected chi connectivity index (χ2v) is 6.95. The monoisotopic (exact) mass is 414 g/mol. The van der Waals surface area contributed by atoms with E-state index in [-0.39, 0.29) is 17.4 Å². The van der Waals surface area contributed by atoms with Crippen molar-refractivity contribution in [3.63, 3.8) is 0 Å². The average Bonchev–Trinajstić information content (AvgIpc) is 3.01. The average molecular weight is 414 g/mol. The Bertz CT molecular complexity index is 903. The molecule has 0 bridgehead atoms. The Morgan fingerprint density at radius 2 is 1.50 bits per heavy atom. The van der Waals surface area contributed by atoms with E-state index in [1.54, 1.807) is 40.1 Å². The fourth-order valence-corrected chi connectivity index (χ4v) is 3.50. The maximum Gasteiger partial charge on any atom is 0.256 e. The molecule has 0 N–H and O–H groups in total. The van der Waals surface area contributed by atoms with Gasteiger partial charge in [-0.1, -0.05) is 12.1 Å². The van der Waals surface area contributed by atoms with Gasteiger partial charge in [0.2, 0.25) is 0 Å². The van der Waals surface area contributed by atoms with E-state index in [1.807, 2.05) is 13.8 Å². The number of benzene rings is 2. The standard InChI is InChI=1S/C23H27FN2O4/c1-3-29-20-11-10-17(16-21(20)30-4-2)22(27)25-12-7-13-26(15-14-25)23(28)18-8-5-6-9-19(18)24/h5-6,8-11,16H,3-4,7,12-15H2,1-2H3. The van der Waals surface area contributed by atoms with Gasteiger partial charge in [-0.15, -0.1) is 0 Å². The van der Waals surface area contributed by atoms with E-state index in [0.717, 1.165) is 0 Å². The molecule has 0 aromatic heterocycles. The Hall–Kier alpha value is -3.09. The van der Waals surface area contributed by atoms with Crippen molar-refractivity contribution in [1.82, 2.24) is 9.80 Å². The summed E-state index contributed by atoms with van der Waals surface area (Å²) in [5.41, 5.74) is 0.570. The minimum absolute atomic E-state index is 0.0603. The minimum atomic E-state index is -0.530. The highest BCUT2D eigenvalue weighted by Gasteiger charge is 2.25. The predicted octanol–water partition coefficient (Wildman–Crippen LogP) is 3.61. The maximum absolute atomic E-state index is 14.0. The zero-order valence-corrected chi connectivity index (χ0v) is 17.4. The lowest BCUT2D eigenvalue weighted by Crippen LogP contribution is -2.37. The van der Waals surface area contributed by atoms with E-state index in [1.165, 1.54) is 12.1 Å². The van der Waals surface area contributed by atoms with Crippen molar-refractivity contribution in [2.45, 2.75) is 20.3 Å². The number of hydrogen-bond donors (Lipinski definition) is 0. The Labute approximate surface area is 176 Å². The largest absolute Gasteiger partial charge is 0.490 e. The van der Waals surface area contributed by atoms with Crippen molar-refractivity contribution >= 4 is 11.8 Å². The van der Waals surface area contributed by atoms with Gasteiger partial charge in [0.25, 0.3) is 11.8 Å². The zero-order chi connectivity index (χ0) is 21.5. The summed E-state index contributed by atoms with van der Waals surface area (Å²) < 4.78 is 25.2. The zero-order valence-electron chi connectivity index (χ0n) is 17.4. The van der Waals surface area contributed by atoms with E-state index in [2.05, 4.69) is 0 Å². The fourth-order valence-electron chi connectivity index (χ4n) is 3.50. The van der Waals surface area contributed by atoms with E-state index < -0.39 is 5.82 Å². The van der Waals surface area contributed by atoms with Gasteiger partial charge in [-0.2, -0.15) is 0 Å². The number of hydrogen-bond acceptors (Lipinski definition) is 4. The van der Waals surface area contributed by atoms with Crippen molar-refractivity contribution in [2.24, 2.45) is 0 Å². The smallest absolute Gasteiger partial charge is 0.256 e. The summed E-state index contributed by atoms with van der Waals surface area (Å²) in [6, 6.07) is 11.1. The lowest BCUT2D eigenvalue weighted by Gasteiger charge is -2.23. The number of ether oxygens (including phenoxy) is 2. The first-order valence-corrected chi connectivity index (χ1v) is 10.3. The maximum atomic E-state index is 14.0. The highest BCUT2D eigenvalue weighted by Crippen LogP contribution is 2.29. The van der Waals surface area contributed by atoms with Gasteiger partial charge < -0.3 is 19.3 Å². The molecule has 1 aliphatic rings. The molecule has 0 unspecified atom stereocenters. The van der Waals surface area contributed by atoms with Gasteiger partial charge in [0.05, 0.1) is 18.8 Å². The minimum Gasteiger partial charge on any atom is -0.490 e. The summed E-state index contributed by atoms with van der Waals surface area (Å²) in [6.07, 6.45) is 0.626. The van der Waals surface area contributed by atoms with E-state index >= 15 is 0 Å². The fraction of sp³-hybridized carbons (Fsp3) is 0.391. The molecule has 0 aliphatic carbocycles. The highest BCUT2D eigenvalue weighted by molar-refractivity contribution is 5.96. The van der Waals surface area contributed by atoms with E-state index in [9.17, 15) is 14.0 Å². The number of halogens is 1. The molecule has 1 heterocycles. The lowest BCUT2D eigenvalue weighted by atomic mass is 10.1. The Balaban J connectivity index is 1.70. The molecule has 1 fully saturated rings. The second kappa shape index (κ2) is 10.1. The molecule has 0 atom stereocenters. The van der Waals surface area contributed by atoms with E-state index in [4.69, 9.17) is 9.47 Å². The molecule has 1 saturated heterocycles. The van der Waals surface area contributed by atoms with Gasteiger partial charge in [-0.3, -0.25) is 9.59 Å². The van der Waals surface area contributed by atoms with Crippen molar-refractivity contribution in [3.05, 3.63) is 59.4 Å². The van der Waals surface area contributed by atoms with Crippen LogP contribution >= 0.6 is 0 Å². The molecule has 0 spiro atoms. The number of nitrogens with zero attached hydrogens (tertiary/aromatic N) is 2. The summed E-state index contributed by atoms with van der Waals surface area (Å²) in [6.45, 7) is 6.48. The van der Waals surface area contributed by atoms with Crippen molar-refractivity contribution < 1.29 is 23.5 Å². The molecule has 2 aromatic carbocycles. The lowest BCUT2D eigenvalue weighted by molar-refractivity contribution is 0.0716. The molecule has 160 valence electrons. The molecule has 0 saturated carbocycles. The van der Waals surface area contributed by atoms with Gasteiger partial charge >= 0.3 is 0 Å². The van der Waals surface area contributed by atoms with Crippen LogP contribution in [0.25, 0.3) is 0 Å². The third-order valence-corrected chi connectivity index (χ3v) is 4.96. The van der Waals surface area contributed by atoms with Crippen molar-refractivity contribution in [3.8, 4) is 11.5 Å². The summed E-state index contributed by atoms with van der Waals surface area (Å²) in [4.78, 5) is 29.1. The molecular weight excluding hydrogens is 387 g/mol. The Morgan fingerprint density at radius 3 is 2.17 bits per heavy atom. The number of carbonyl (C=O) groups excluding carboxylic acids is 2. The van der Waals surface area contributed by atoms with Crippen LogP contribution in [0.15, 0.2) is 42.5 Å². The first-order valence-electron chi connectivity index (χ1n) is 10.3. The first-order chi connectivity index (χ1) is 14.5. The SMILES string of the molecule is CCOc1ccc(C(=O)N2CCCN(C(=O)c3ccccc3F)CC2)cc1OCC. The predicted molar refractivity (Wildman–Crippen MR) is 112 cm³/mol. The third-order valence-electron chi connectivity index (χ3n) is 4.96. The highest BCUT2D eigenvalue weighted by atomic mass is 19.1. The van der Waals surface area contributed by atoms with Crippen LogP contribution in [0, 0.1) is 5.82 Å². The molecule has 30 heavy (non-hydrogen) atoms. The van der Waals surface area contributed by atoms with Crippen LogP contribution in [0.2, 0.25) is 0 Å². The molecule has 6 nitrogen and oxygen atoms in total. The van der Waals surface area contributed by atoms with Crippen LogP contribution < -0.4 is 9.47 Å². The molecule has 0 radical (unpaired) electrons. The summed E-state index contributed by atoms with van der Waals surface area (Å²) in [7, 11) is 0.